The van der Waals surface area contributed by atoms with Crippen LogP contribution < -0.4 is 5.32 Å². The van der Waals surface area contributed by atoms with E-state index in [4.69, 9.17) is 11.6 Å². The second kappa shape index (κ2) is 6.48. The molecule has 2 rings (SSSR count). The molecule has 0 radical (unpaired) electrons. The summed E-state index contributed by atoms with van der Waals surface area (Å²) in [5.41, 5.74) is 1.01. The minimum absolute atomic E-state index is 0.00190. The van der Waals surface area contributed by atoms with E-state index in [1.165, 1.54) is 12.3 Å². The number of hydrogen-bond donors (Lipinski definition) is 1. The number of benzene rings is 1. The van der Waals surface area contributed by atoms with Crippen LogP contribution in [0.2, 0.25) is 5.02 Å². The molecule has 1 aromatic carbocycles. The second-order valence-corrected chi connectivity index (χ2v) is 5.00. The molecule has 1 amide bonds. The Kier molecular flexibility index (Phi) is 4.69. The molecule has 5 heteroatoms. The number of halogens is 2. The van der Waals surface area contributed by atoms with Gasteiger partial charge in [0, 0.05) is 17.3 Å². The fourth-order valence-corrected chi connectivity index (χ4v) is 2.14. The van der Waals surface area contributed by atoms with Crippen LogP contribution in [-0.4, -0.2) is 16.9 Å². The number of nitrogens with zero attached hydrogens (tertiary/aromatic N) is 1. The summed E-state index contributed by atoms with van der Waals surface area (Å²) in [5.74, 6) is -1.07. The van der Waals surface area contributed by atoms with Gasteiger partial charge in [-0.1, -0.05) is 23.7 Å². The third-order valence-electron chi connectivity index (χ3n) is 2.83. The van der Waals surface area contributed by atoms with Crippen LogP contribution >= 0.6 is 11.6 Å². The molecule has 0 fully saturated rings. The van der Waals surface area contributed by atoms with Crippen molar-refractivity contribution in [2.75, 3.05) is 0 Å². The predicted octanol–water partition coefficient (Wildman–Crippen LogP) is 3.24. The zero-order valence-electron chi connectivity index (χ0n) is 10.9. The monoisotopic (exact) mass is 292 g/mol. The highest BCUT2D eigenvalue weighted by atomic mass is 35.5. The van der Waals surface area contributed by atoms with Crippen LogP contribution in [0.4, 0.5) is 4.39 Å². The van der Waals surface area contributed by atoms with Crippen LogP contribution in [-0.2, 0) is 6.42 Å². The van der Waals surface area contributed by atoms with Crippen molar-refractivity contribution in [3.8, 4) is 0 Å². The lowest BCUT2D eigenvalue weighted by Gasteiger charge is -2.14. The van der Waals surface area contributed by atoms with Gasteiger partial charge in [-0.2, -0.15) is 0 Å². The number of amides is 1. The molecule has 20 heavy (non-hydrogen) atoms. The smallest absolute Gasteiger partial charge is 0.254 e. The Balaban J connectivity index is 2.00. The Morgan fingerprint density at radius 1 is 1.45 bits per heavy atom. The number of rotatable bonds is 4. The van der Waals surface area contributed by atoms with Gasteiger partial charge >= 0.3 is 0 Å². The number of hydrogen-bond acceptors (Lipinski definition) is 2. The first-order valence-electron chi connectivity index (χ1n) is 6.21. The lowest BCUT2D eigenvalue weighted by atomic mass is 10.1. The number of nitrogens with one attached hydrogen (secondary N) is 1. The molecule has 0 saturated heterocycles. The van der Waals surface area contributed by atoms with Gasteiger partial charge in [0.05, 0.1) is 11.8 Å². The molecule has 1 aromatic heterocycles. The van der Waals surface area contributed by atoms with Crippen LogP contribution in [0, 0.1) is 5.82 Å². The van der Waals surface area contributed by atoms with Crippen LogP contribution in [0.3, 0.4) is 0 Å². The largest absolute Gasteiger partial charge is 0.349 e. The molecular formula is C15H14ClFN2O. The summed E-state index contributed by atoms with van der Waals surface area (Å²) < 4.78 is 13.4. The highest BCUT2D eigenvalue weighted by Crippen LogP contribution is 2.12. The van der Waals surface area contributed by atoms with E-state index < -0.39 is 11.7 Å². The Morgan fingerprint density at radius 2 is 2.25 bits per heavy atom. The average molecular weight is 293 g/mol. The van der Waals surface area contributed by atoms with E-state index in [2.05, 4.69) is 10.3 Å². The minimum atomic E-state index is -0.625. The van der Waals surface area contributed by atoms with E-state index in [1.54, 1.807) is 6.07 Å². The first kappa shape index (κ1) is 14.5. The van der Waals surface area contributed by atoms with Crippen molar-refractivity contribution in [3.05, 3.63) is 64.7 Å². The van der Waals surface area contributed by atoms with Gasteiger partial charge in [0.15, 0.2) is 5.82 Å². The summed E-state index contributed by atoms with van der Waals surface area (Å²) in [6, 6.07) is 8.65. The quantitative estimate of drug-likeness (QED) is 0.940. The molecule has 0 saturated carbocycles. The molecule has 0 aliphatic heterocycles. The average Bonchev–Trinajstić information content (AvgIpc) is 2.38. The van der Waals surface area contributed by atoms with Crippen molar-refractivity contribution in [3.63, 3.8) is 0 Å². The molecule has 1 heterocycles. The fraction of sp³-hybridized carbons (Fsp3) is 0.200. The second-order valence-electron chi connectivity index (χ2n) is 4.56. The van der Waals surface area contributed by atoms with E-state index in [-0.39, 0.29) is 11.6 Å². The van der Waals surface area contributed by atoms with Crippen molar-refractivity contribution in [1.29, 1.82) is 0 Å². The molecular weight excluding hydrogens is 279 g/mol. The fourth-order valence-electron chi connectivity index (χ4n) is 1.93. The lowest BCUT2D eigenvalue weighted by Crippen LogP contribution is -2.34. The van der Waals surface area contributed by atoms with Crippen LogP contribution in [0.5, 0.6) is 0 Å². The van der Waals surface area contributed by atoms with Crippen molar-refractivity contribution >= 4 is 17.5 Å². The van der Waals surface area contributed by atoms with Gasteiger partial charge < -0.3 is 5.32 Å². The zero-order valence-corrected chi connectivity index (χ0v) is 11.7. The number of carbonyl (C=O) groups excluding carboxylic acids is 1. The zero-order chi connectivity index (χ0) is 14.5. The van der Waals surface area contributed by atoms with E-state index in [9.17, 15) is 9.18 Å². The van der Waals surface area contributed by atoms with Crippen molar-refractivity contribution in [2.45, 2.75) is 19.4 Å². The van der Waals surface area contributed by atoms with Crippen LogP contribution in [0.1, 0.15) is 22.8 Å². The van der Waals surface area contributed by atoms with Gasteiger partial charge in [0.1, 0.15) is 0 Å². The van der Waals surface area contributed by atoms with Gasteiger partial charge in [-0.3, -0.25) is 9.78 Å². The van der Waals surface area contributed by atoms with E-state index in [0.717, 1.165) is 11.8 Å². The molecule has 1 atom stereocenters. The van der Waals surface area contributed by atoms with Gasteiger partial charge in [-0.25, -0.2) is 4.39 Å². The Labute approximate surface area is 121 Å². The number of aromatic nitrogens is 1. The summed E-state index contributed by atoms with van der Waals surface area (Å²) in [6.07, 6.45) is 3.04. The Bertz CT molecular complexity index is 618. The molecule has 1 N–H and O–H groups in total. The standard InChI is InChI=1S/C15H14ClFN2O/c1-10(7-11-3-2-4-12(16)8-11)19-15(20)13-5-6-18-9-14(13)17/h2-6,8-10H,7H2,1H3,(H,19,20). The predicted molar refractivity (Wildman–Crippen MR) is 76.3 cm³/mol. The highest BCUT2D eigenvalue weighted by Gasteiger charge is 2.14. The maximum Gasteiger partial charge on any atom is 0.254 e. The molecule has 0 bridgehead atoms. The molecule has 0 spiro atoms. The normalized spacial score (nSPS) is 11.9. The van der Waals surface area contributed by atoms with Gasteiger partial charge in [-0.15, -0.1) is 0 Å². The Morgan fingerprint density at radius 3 is 2.95 bits per heavy atom. The molecule has 1 unspecified atom stereocenters. The molecule has 104 valence electrons. The third kappa shape index (κ3) is 3.78. The van der Waals surface area contributed by atoms with Gasteiger partial charge in [0.2, 0.25) is 0 Å². The van der Waals surface area contributed by atoms with E-state index in [0.29, 0.717) is 11.4 Å². The number of carbonyl (C=O) groups is 1. The summed E-state index contributed by atoms with van der Waals surface area (Å²) in [5, 5.41) is 3.41. The van der Waals surface area contributed by atoms with Crippen molar-refractivity contribution < 1.29 is 9.18 Å². The lowest BCUT2D eigenvalue weighted by molar-refractivity contribution is 0.0936. The van der Waals surface area contributed by atoms with Crippen molar-refractivity contribution in [1.82, 2.24) is 10.3 Å². The molecule has 2 aromatic rings. The van der Waals surface area contributed by atoms with Gasteiger partial charge in [-0.05, 0) is 37.1 Å². The first-order chi connectivity index (χ1) is 9.56. The summed E-state index contributed by atoms with van der Waals surface area (Å²) in [7, 11) is 0. The van der Waals surface area contributed by atoms with Gasteiger partial charge in [0.25, 0.3) is 5.91 Å². The first-order valence-corrected chi connectivity index (χ1v) is 6.59. The van der Waals surface area contributed by atoms with E-state index in [1.807, 2.05) is 25.1 Å². The SMILES string of the molecule is CC(Cc1cccc(Cl)c1)NC(=O)c1ccncc1F. The number of pyridine rings is 1. The minimum Gasteiger partial charge on any atom is -0.349 e. The third-order valence-corrected chi connectivity index (χ3v) is 3.06. The maximum absolute atomic E-state index is 13.4. The topological polar surface area (TPSA) is 42.0 Å². The van der Waals surface area contributed by atoms with Crippen LogP contribution in [0.15, 0.2) is 42.7 Å². The highest BCUT2D eigenvalue weighted by molar-refractivity contribution is 6.30. The van der Waals surface area contributed by atoms with E-state index >= 15 is 0 Å². The molecule has 0 aliphatic rings. The summed E-state index contributed by atoms with van der Waals surface area (Å²) >= 11 is 5.91. The molecule has 0 aliphatic carbocycles. The summed E-state index contributed by atoms with van der Waals surface area (Å²) in [6.45, 7) is 1.86. The van der Waals surface area contributed by atoms with Crippen LogP contribution in [0.25, 0.3) is 0 Å². The van der Waals surface area contributed by atoms with Crippen molar-refractivity contribution in [2.24, 2.45) is 0 Å². The Hall–Kier alpha value is -1.94. The molecule has 3 nitrogen and oxygen atoms in total. The summed E-state index contributed by atoms with van der Waals surface area (Å²) in [4.78, 5) is 15.5. The maximum atomic E-state index is 13.4.